The maximum atomic E-state index is 13.1. The predicted molar refractivity (Wildman–Crippen MR) is 106 cm³/mol. The van der Waals surface area contributed by atoms with Gasteiger partial charge >= 0.3 is 6.18 Å². The highest BCUT2D eigenvalue weighted by Gasteiger charge is 2.42. The number of carbonyl (C=O) groups excluding carboxylic acids is 1. The van der Waals surface area contributed by atoms with E-state index >= 15 is 0 Å². The molecule has 0 bridgehead atoms. The summed E-state index contributed by atoms with van der Waals surface area (Å²) in [6, 6.07) is 12.3. The van der Waals surface area contributed by atoms with Crippen LogP contribution < -0.4 is 5.32 Å². The van der Waals surface area contributed by atoms with E-state index in [1.807, 2.05) is 30.3 Å². The van der Waals surface area contributed by atoms with Gasteiger partial charge in [-0.1, -0.05) is 24.6 Å². The molecule has 156 valence electrons. The third kappa shape index (κ3) is 4.37. The molecule has 1 saturated carbocycles. The minimum atomic E-state index is -4.23. The Bertz CT molecular complexity index is 1000. The Morgan fingerprint density at radius 1 is 1.10 bits per heavy atom. The van der Waals surface area contributed by atoms with Crippen molar-refractivity contribution in [1.82, 2.24) is 20.1 Å². The van der Waals surface area contributed by atoms with Crippen LogP contribution in [0.1, 0.15) is 36.0 Å². The summed E-state index contributed by atoms with van der Waals surface area (Å²) in [5, 5.41) is 7.35. The van der Waals surface area contributed by atoms with Gasteiger partial charge in [0, 0.05) is 30.2 Å². The van der Waals surface area contributed by atoms with Gasteiger partial charge in [0.2, 0.25) is 0 Å². The third-order valence-electron chi connectivity index (χ3n) is 5.39. The Balaban J connectivity index is 1.62. The summed E-state index contributed by atoms with van der Waals surface area (Å²) in [6.07, 6.45) is 1.60. The number of amides is 1. The zero-order valence-corrected chi connectivity index (χ0v) is 16.1. The molecule has 2 atom stereocenters. The van der Waals surface area contributed by atoms with Crippen molar-refractivity contribution in [1.29, 1.82) is 0 Å². The molecule has 0 radical (unpaired) electrons. The highest BCUT2D eigenvalue weighted by Crippen LogP contribution is 2.37. The van der Waals surface area contributed by atoms with Crippen molar-refractivity contribution < 1.29 is 18.0 Å². The summed E-state index contributed by atoms with van der Waals surface area (Å²) >= 11 is 0. The smallest absolute Gasteiger partial charge is 0.349 e. The van der Waals surface area contributed by atoms with Crippen molar-refractivity contribution in [2.24, 2.45) is 5.92 Å². The largest absolute Gasteiger partial charge is 0.391 e. The molecule has 0 saturated heterocycles. The van der Waals surface area contributed by atoms with Gasteiger partial charge in [-0.3, -0.25) is 9.78 Å². The van der Waals surface area contributed by atoms with Gasteiger partial charge < -0.3 is 5.32 Å². The summed E-state index contributed by atoms with van der Waals surface area (Å²) in [6.45, 7) is 0. The number of nitrogens with zero attached hydrogens (tertiary/aromatic N) is 3. The number of para-hydroxylation sites is 1. The van der Waals surface area contributed by atoms with Crippen molar-refractivity contribution in [3.8, 4) is 16.9 Å². The molecule has 3 aromatic rings. The molecule has 1 fully saturated rings. The second-order valence-electron chi connectivity index (χ2n) is 7.49. The van der Waals surface area contributed by atoms with Gasteiger partial charge in [-0.05, 0) is 43.5 Å². The van der Waals surface area contributed by atoms with Gasteiger partial charge in [-0.25, -0.2) is 4.68 Å². The molecule has 2 unspecified atom stereocenters. The number of nitrogens with one attached hydrogen (secondary N) is 1. The van der Waals surface area contributed by atoms with Crippen LogP contribution in [0.4, 0.5) is 13.2 Å². The maximum absolute atomic E-state index is 13.1. The van der Waals surface area contributed by atoms with E-state index in [1.165, 1.54) is 0 Å². The van der Waals surface area contributed by atoms with E-state index in [4.69, 9.17) is 0 Å². The number of hydrogen-bond acceptors (Lipinski definition) is 3. The van der Waals surface area contributed by atoms with Crippen LogP contribution >= 0.6 is 0 Å². The second-order valence-corrected chi connectivity index (χ2v) is 7.49. The Morgan fingerprint density at radius 2 is 1.90 bits per heavy atom. The first-order chi connectivity index (χ1) is 14.4. The van der Waals surface area contributed by atoms with Crippen LogP contribution in [0.2, 0.25) is 0 Å². The predicted octanol–water partition coefficient (Wildman–Crippen LogP) is 4.79. The van der Waals surface area contributed by atoms with E-state index in [-0.39, 0.29) is 12.8 Å². The number of aromatic nitrogens is 3. The fraction of sp³-hybridized carbons (Fsp3) is 0.318. The first kappa shape index (κ1) is 20.1. The van der Waals surface area contributed by atoms with Crippen LogP contribution in [0.5, 0.6) is 0 Å². The Kier molecular flexibility index (Phi) is 5.57. The number of pyridine rings is 1. The molecule has 4 rings (SSSR count). The SMILES string of the molecule is O=C(NC1CCCC(C(F)(F)F)C1)c1cn(-c2ccccc2)nc1-c1cccnc1. The van der Waals surface area contributed by atoms with Crippen LogP contribution in [0.25, 0.3) is 16.9 Å². The topological polar surface area (TPSA) is 59.8 Å². The van der Waals surface area contributed by atoms with Crippen molar-refractivity contribution in [3.63, 3.8) is 0 Å². The van der Waals surface area contributed by atoms with Gasteiger partial charge in [0.15, 0.2) is 0 Å². The minimum Gasteiger partial charge on any atom is -0.349 e. The number of halogens is 3. The molecule has 1 aliphatic carbocycles. The molecule has 1 aromatic carbocycles. The highest BCUT2D eigenvalue weighted by molar-refractivity contribution is 6.00. The first-order valence-corrected chi connectivity index (χ1v) is 9.85. The van der Waals surface area contributed by atoms with Gasteiger partial charge in [0.05, 0.1) is 17.2 Å². The fourth-order valence-corrected chi connectivity index (χ4v) is 3.85. The second kappa shape index (κ2) is 8.30. The minimum absolute atomic E-state index is 0.0930. The molecule has 8 heteroatoms. The summed E-state index contributed by atoms with van der Waals surface area (Å²) in [5.41, 5.74) is 2.18. The average molecular weight is 414 g/mol. The number of benzene rings is 1. The Hall–Kier alpha value is -3.16. The molecule has 1 N–H and O–H groups in total. The first-order valence-electron chi connectivity index (χ1n) is 9.85. The molecule has 1 aliphatic rings. The summed E-state index contributed by atoms with van der Waals surface area (Å²) in [7, 11) is 0. The molecule has 2 aromatic heterocycles. The Morgan fingerprint density at radius 3 is 2.60 bits per heavy atom. The third-order valence-corrected chi connectivity index (χ3v) is 5.39. The van der Waals surface area contributed by atoms with Gasteiger partial charge in [-0.15, -0.1) is 0 Å². The van der Waals surface area contributed by atoms with Gasteiger partial charge in [0.1, 0.15) is 5.69 Å². The monoisotopic (exact) mass is 414 g/mol. The maximum Gasteiger partial charge on any atom is 0.391 e. The van der Waals surface area contributed by atoms with E-state index in [1.54, 1.807) is 35.4 Å². The number of carbonyl (C=O) groups is 1. The molecule has 2 heterocycles. The van der Waals surface area contributed by atoms with E-state index in [0.717, 1.165) is 5.69 Å². The highest BCUT2D eigenvalue weighted by atomic mass is 19.4. The summed E-state index contributed by atoms with van der Waals surface area (Å²) < 4.78 is 40.9. The molecular formula is C22H21F3N4O. The molecule has 0 spiro atoms. The fourth-order valence-electron chi connectivity index (χ4n) is 3.85. The normalized spacial score (nSPS) is 19.4. The Labute approximate surface area is 171 Å². The molecule has 0 aliphatic heterocycles. The lowest BCUT2D eigenvalue weighted by atomic mass is 9.85. The summed E-state index contributed by atoms with van der Waals surface area (Å²) in [4.78, 5) is 17.1. The van der Waals surface area contributed by atoms with E-state index in [9.17, 15) is 18.0 Å². The average Bonchev–Trinajstić information content (AvgIpc) is 3.20. The van der Waals surface area contributed by atoms with Gasteiger partial charge in [-0.2, -0.15) is 18.3 Å². The lowest BCUT2D eigenvalue weighted by Crippen LogP contribution is -2.41. The van der Waals surface area contributed by atoms with Gasteiger partial charge in [0.25, 0.3) is 5.91 Å². The number of alkyl halides is 3. The van der Waals surface area contributed by atoms with E-state index in [2.05, 4.69) is 15.4 Å². The molecule has 5 nitrogen and oxygen atoms in total. The van der Waals surface area contributed by atoms with Crippen LogP contribution in [0.3, 0.4) is 0 Å². The van der Waals surface area contributed by atoms with Crippen LogP contribution in [0, 0.1) is 5.92 Å². The van der Waals surface area contributed by atoms with Crippen molar-refractivity contribution in [3.05, 3.63) is 66.6 Å². The standard InChI is InChI=1S/C22H21F3N4O/c23-22(24,25)16-7-4-8-17(12-16)27-21(30)19-14-29(18-9-2-1-3-10-18)28-20(19)15-6-5-11-26-13-15/h1-3,5-6,9-11,13-14,16-17H,4,7-8,12H2,(H,27,30). The van der Waals surface area contributed by atoms with Crippen LogP contribution in [0.15, 0.2) is 61.1 Å². The molecule has 30 heavy (non-hydrogen) atoms. The number of hydrogen-bond donors (Lipinski definition) is 1. The zero-order valence-electron chi connectivity index (χ0n) is 16.1. The van der Waals surface area contributed by atoms with E-state index < -0.39 is 24.0 Å². The lowest BCUT2D eigenvalue weighted by molar-refractivity contribution is -0.183. The molecular weight excluding hydrogens is 393 g/mol. The van der Waals surface area contributed by atoms with Crippen LogP contribution in [-0.4, -0.2) is 32.9 Å². The van der Waals surface area contributed by atoms with Crippen molar-refractivity contribution in [2.45, 2.75) is 37.9 Å². The van der Waals surface area contributed by atoms with Crippen molar-refractivity contribution in [2.75, 3.05) is 0 Å². The van der Waals surface area contributed by atoms with Crippen molar-refractivity contribution >= 4 is 5.91 Å². The summed E-state index contributed by atoms with van der Waals surface area (Å²) in [5.74, 6) is -1.80. The quantitative estimate of drug-likeness (QED) is 0.668. The van der Waals surface area contributed by atoms with Crippen LogP contribution in [-0.2, 0) is 0 Å². The van der Waals surface area contributed by atoms with E-state index in [0.29, 0.717) is 29.7 Å². The lowest BCUT2D eigenvalue weighted by Gasteiger charge is -2.31. The molecule has 1 amide bonds. The zero-order chi connectivity index (χ0) is 21.1. The number of rotatable bonds is 4.